The molecule has 2 aliphatic heterocycles. The molecule has 0 amide bonds. The second-order valence-corrected chi connectivity index (χ2v) is 3.86. The molecule has 2 fully saturated rings. The molecule has 0 spiro atoms. The van der Waals surface area contributed by atoms with Gasteiger partial charge in [-0.2, -0.15) is 5.26 Å². The average molecular weight is 181 g/mol. The van der Waals surface area contributed by atoms with Crippen molar-refractivity contribution in [3.05, 3.63) is 0 Å². The highest BCUT2D eigenvalue weighted by molar-refractivity contribution is 4.86. The molecule has 2 rings (SSSR count). The van der Waals surface area contributed by atoms with Gasteiger partial charge < -0.3 is 9.47 Å². The quantitative estimate of drug-likeness (QED) is 0.648. The van der Waals surface area contributed by atoms with Crippen molar-refractivity contribution >= 4 is 0 Å². The largest absolute Gasteiger partial charge is 0.381 e. The van der Waals surface area contributed by atoms with Crippen LogP contribution in [0.25, 0.3) is 0 Å². The van der Waals surface area contributed by atoms with Gasteiger partial charge in [0, 0.05) is 12.5 Å². The molecular formula is C10H15NO2. The molecule has 0 saturated carbocycles. The molecule has 3 heteroatoms. The van der Waals surface area contributed by atoms with E-state index in [1.807, 2.05) is 0 Å². The van der Waals surface area contributed by atoms with Crippen LogP contribution in [0.5, 0.6) is 0 Å². The van der Waals surface area contributed by atoms with Crippen LogP contribution in [0.3, 0.4) is 0 Å². The van der Waals surface area contributed by atoms with E-state index in [2.05, 4.69) is 6.07 Å². The Morgan fingerprint density at radius 2 is 2.23 bits per heavy atom. The first-order chi connectivity index (χ1) is 6.40. The summed E-state index contributed by atoms with van der Waals surface area (Å²) in [5, 5.41) is 8.52. The van der Waals surface area contributed by atoms with Crippen molar-refractivity contribution in [2.75, 3.05) is 13.2 Å². The fourth-order valence-electron chi connectivity index (χ4n) is 2.18. The molecule has 2 aliphatic rings. The number of hydrogen-bond acceptors (Lipinski definition) is 3. The van der Waals surface area contributed by atoms with E-state index < -0.39 is 0 Å². The summed E-state index contributed by atoms with van der Waals surface area (Å²) < 4.78 is 11.1. The third kappa shape index (κ3) is 2.01. The highest BCUT2D eigenvalue weighted by Crippen LogP contribution is 2.30. The SMILES string of the molecule is N#CCC1CCC(C2CCOC2)O1. The Morgan fingerprint density at radius 3 is 2.92 bits per heavy atom. The Labute approximate surface area is 78.6 Å². The van der Waals surface area contributed by atoms with Gasteiger partial charge in [-0.05, 0) is 19.3 Å². The Kier molecular flexibility index (Phi) is 2.82. The monoisotopic (exact) mass is 181 g/mol. The summed E-state index contributed by atoms with van der Waals surface area (Å²) in [5.74, 6) is 0.587. The van der Waals surface area contributed by atoms with Gasteiger partial charge in [0.15, 0.2) is 0 Å². The normalized spacial score (nSPS) is 39.2. The maximum Gasteiger partial charge on any atom is 0.0709 e. The molecule has 0 radical (unpaired) electrons. The van der Waals surface area contributed by atoms with Crippen LogP contribution in [0.1, 0.15) is 25.7 Å². The Balaban J connectivity index is 1.80. The summed E-state index contributed by atoms with van der Waals surface area (Å²) >= 11 is 0. The number of nitrogens with zero attached hydrogens (tertiary/aromatic N) is 1. The van der Waals surface area contributed by atoms with Crippen molar-refractivity contribution in [2.24, 2.45) is 5.92 Å². The molecule has 3 atom stereocenters. The second kappa shape index (κ2) is 4.08. The Bertz CT molecular complexity index is 205. The van der Waals surface area contributed by atoms with Crippen LogP contribution < -0.4 is 0 Å². The van der Waals surface area contributed by atoms with Gasteiger partial charge >= 0.3 is 0 Å². The summed E-state index contributed by atoms with van der Waals surface area (Å²) in [6.45, 7) is 1.73. The maximum absolute atomic E-state index is 8.52. The third-order valence-electron chi connectivity index (χ3n) is 2.95. The zero-order chi connectivity index (χ0) is 9.10. The van der Waals surface area contributed by atoms with Crippen LogP contribution in [0.2, 0.25) is 0 Å². The smallest absolute Gasteiger partial charge is 0.0709 e. The number of hydrogen-bond donors (Lipinski definition) is 0. The maximum atomic E-state index is 8.52. The van der Waals surface area contributed by atoms with Gasteiger partial charge in [0.1, 0.15) is 0 Å². The molecule has 2 saturated heterocycles. The van der Waals surface area contributed by atoms with E-state index in [-0.39, 0.29) is 6.10 Å². The van der Waals surface area contributed by atoms with Gasteiger partial charge in [-0.25, -0.2) is 0 Å². The molecular weight excluding hydrogens is 166 g/mol. The molecule has 0 aliphatic carbocycles. The lowest BCUT2D eigenvalue weighted by Gasteiger charge is -2.16. The second-order valence-electron chi connectivity index (χ2n) is 3.86. The average Bonchev–Trinajstić information content (AvgIpc) is 2.70. The Morgan fingerprint density at radius 1 is 1.31 bits per heavy atom. The van der Waals surface area contributed by atoms with Crippen molar-refractivity contribution < 1.29 is 9.47 Å². The summed E-state index contributed by atoms with van der Waals surface area (Å²) in [7, 11) is 0. The predicted octanol–water partition coefficient (Wildman–Crippen LogP) is 1.48. The Hall–Kier alpha value is -0.590. The standard InChI is InChI=1S/C10H15NO2/c11-5-3-9-1-2-10(13-9)8-4-6-12-7-8/h8-10H,1-4,6-7H2. The number of rotatable bonds is 2. The highest BCUT2D eigenvalue weighted by Gasteiger charge is 2.33. The van der Waals surface area contributed by atoms with Gasteiger partial charge in [-0.3, -0.25) is 0 Å². The molecule has 2 heterocycles. The van der Waals surface area contributed by atoms with Gasteiger partial charge in [0.25, 0.3) is 0 Å². The van der Waals surface area contributed by atoms with Crippen LogP contribution in [0, 0.1) is 17.2 Å². The van der Waals surface area contributed by atoms with Crippen molar-refractivity contribution in [1.29, 1.82) is 5.26 Å². The van der Waals surface area contributed by atoms with E-state index in [0.717, 1.165) is 32.5 Å². The van der Waals surface area contributed by atoms with Gasteiger partial charge in [0.2, 0.25) is 0 Å². The fourth-order valence-corrected chi connectivity index (χ4v) is 2.18. The molecule has 0 aromatic heterocycles. The van der Waals surface area contributed by atoms with Gasteiger partial charge in [0.05, 0.1) is 31.3 Å². The fraction of sp³-hybridized carbons (Fsp3) is 0.900. The van der Waals surface area contributed by atoms with E-state index >= 15 is 0 Å². The zero-order valence-corrected chi connectivity index (χ0v) is 7.74. The topological polar surface area (TPSA) is 42.2 Å². The lowest BCUT2D eigenvalue weighted by Crippen LogP contribution is -2.21. The lowest BCUT2D eigenvalue weighted by atomic mass is 9.99. The van der Waals surface area contributed by atoms with E-state index in [9.17, 15) is 0 Å². The van der Waals surface area contributed by atoms with E-state index in [1.165, 1.54) is 0 Å². The summed E-state index contributed by atoms with van der Waals surface area (Å²) in [4.78, 5) is 0. The molecule has 0 bridgehead atoms. The minimum absolute atomic E-state index is 0.190. The summed E-state index contributed by atoms with van der Waals surface area (Å²) in [6.07, 6.45) is 4.39. The summed E-state index contributed by atoms with van der Waals surface area (Å²) in [5.41, 5.74) is 0. The molecule has 72 valence electrons. The number of ether oxygens (including phenoxy) is 2. The lowest BCUT2D eigenvalue weighted by molar-refractivity contribution is 0.0100. The molecule has 0 aromatic carbocycles. The zero-order valence-electron chi connectivity index (χ0n) is 7.74. The molecule has 13 heavy (non-hydrogen) atoms. The van der Waals surface area contributed by atoms with Crippen molar-refractivity contribution in [1.82, 2.24) is 0 Å². The molecule has 3 nitrogen and oxygen atoms in total. The van der Waals surface area contributed by atoms with Crippen molar-refractivity contribution in [3.63, 3.8) is 0 Å². The van der Waals surface area contributed by atoms with Crippen LogP contribution >= 0.6 is 0 Å². The summed E-state index contributed by atoms with van der Waals surface area (Å²) in [6, 6.07) is 2.16. The van der Waals surface area contributed by atoms with Gasteiger partial charge in [-0.15, -0.1) is 0 Å². The van der Waals surface area contributed by atoms with Gasteiger partial charge in [-0.1, -0.05) is 0 Å². The predicted molar refractivity (Wildman–Crippen MR) is 47.1 cm³/mol. The van der Waals surface area contributed by atoms with Crippen LogP contribution in [0.4, 0.5) is 0 Å². The van der Waals surface area contributed by atoms with Crippen LogP contribution in [-0.4, -0.2) is 25.4 Å². The minimum atomic E-state index is 0.190. The molecule has 0 aromatic rings. The third-order valence-corrected chi connectivity index (χ3v) is 2.95. The first-order valence-electron chi connectivity index (χ1n) is 5.00. The van der Waals surface area contributed by atoms with E-state index in [1.54, 1.807) is 0 Å². The number of nitriles is 1. The van der Waals surface area contributed by atoms with Crippen LogP contribution in [-0.2, 0) is 9.47 Å². The minimum Gasteiger partial charge on any atom is -0.381 e. The molecule has 0 N–H and O–H groups in total. The van der Waals surface area contributed by atoms with E-state index in [4.69, 9.17) is 14.7 Å². The van der Waals surface area contributed by atoms with E-state index in [0.29, 0.717) is 18.4 Å². The highest BCUT2D eigenvalue weighted by atomic mass is 16.5. The van der Waals surface area contributed by atoms with Crippen LogP contribution in [0.15, 0.2) is 0 Å². The first kappa shape index (κ1) is 8.98. The van der Waals surface area contributed by atoms with Crippen molar-refractivity contribution in [2.45, 2.75) is 37.9 Å². The first-order valence-corrected chi connectivity index (χ1v) is 5.00. The van der Waals surface area contributed by atoms with Crippen molar-refractivity contribution in [3.8, 4) is 6.07 Å². The molecule has 3 unspecified atom stereocenters.